The molecule has 3 aromatic rings. The number of carboxylic acid groups (broad SMARTS) is 1. The number of allylic oxidation sites excluding steroid dienone is 3. The predicted octanol–water partition coefficient (Wildman–Crippen LogP) is 8.23. The lowest BCUT2D eigenvalue weighted by atomic mass is 10.0. The van der Waals surface area contributed by atoms with Crippen LogP contribution in [0.4, 0.5) is 13.2 Å². The van der Waals surface area contributed by atoms with Crippen LogP contribution in [0.5, 0.6) is 11.5 Å². The van der Waals surface area contributed by atoms with E-state index in [4.69, 9.17) is 9.84 Å². The predicted molar refractivity (Wildman–Crippen MR) is 158 cm³/mol. The second-order valence-electron chi connectivity index (χ2n) is 9.51. The fourth-order valence-corrected chi connectivity index (χ4v) is 3.86. The average Bonchev–Trinajstić information content (AvgIpc) is 3.14. The summed E-state index contributed by atoms with van der Waals surface area (Å²) in [5.41, 5.74) is 3.15. The van der Waals surface area contributed by atoms with Crippen LogP contribution in [-0.2, 0) is 17.8 Å². The van der Waals surface area contributed by atoms with Gasteiger partial charge in [0.2, 0.25) is 0 Å². The smallest absolute Gasteiger partial charge is 0.478 e. The molecule has 9 heteroatoms. The molecule has 0 aliphatic heterocycles. The Morgan fingerprint density at radius 3 is 2.17 bits per heavy atom. The number of nitrogens with zero attached hydrogens (tertiary/aromatic N) is 1. The van der Waals surface area contributed by atoms with E-state index in [0.29, 0.717) is 24.1 Å². The number of benzene rings is 2. The van der Waals surface area contributed by atoms with Gasteiger partial charge in [-0.3, -0.25) is 0 Å². The third-order valence-corrected chi connectivity index (χ3v) is 6.07. The molecule has 0 aliphatic rings. The molecule has 0 bridgehead atoms. The maximum absolute atomic E-state index is 12.8. The molecule has 6 nitrogen and oxygen atoms in total. The number of rotatable bonds is 9. The Morgan fingerprint density at radius 1 is 1.02 bits per heavy atom. The van der Waals surface area contributed by atoms with Crippen LogP contribution in [0.1, 0.15) is 65.3 Å². The number of halogens is 3. The Morgan fingerprint density at radius 2 is 1.66 bits per heavy atom. The van der Waals surface area contributed by atoms with Gasteiger partial charge in [0.25, 0.3) is 0 Å². The monoisotopic (exact) mass is 577 g/mol. The Labute approximate surface area is 240 Å². The fourth-order valence-electron chi connectivity index (χ4n) is 3.86. The molecule has 0 unspecified atom stereocenters. The van der Waals surface area contributed by atoms with Gasteiger partial charge in [-0.2, -0.15) is 0 Å². The molecule has 0 saturated heterocycles. The third-order valence-electron chi connectivity index (χ3n) is 6.07. The SMILES string of the molecule is C/C=C(\C)Cn1c(C)c(Cc2cccc(OC(C)(C)C(=O)O)c2)c2cc(OC(F)(F)F)ccc21.C/C=C\CO.CC. The summed E-state index contributed by atoms with van der Waals surface area (Å²) in [6.45, 7) is 15.4. The van der Waals surface area contributed by atoms with Gasteiger partial charge in [0.05, 0.1) is 6.61 Å². The van der Waals surface area contributed by atoms with Gasteiger partial charge in [0.15, 0.2) is 5.60 Å². The topological polar surface area (TPSA) is 80.9 Å². The fraction of sp³-hybridized carbons (Fsp3) is 0.406. The summed E-state index contributed by atoms with van der Waals surface area (Å²) in [5.74, 6) is -0.966. The molecule has 226 valence electrons. The third kappa shape index (κ3) is 10.6. The summed E-state index contributed by atoms with van der Waals surface area (Å²) in [5, 5.41) is 18.0. The highest BCUT2D eigenvalue weighted by molar-refractivity contribution is 5.87. The number of alkyl halides is 3. The Bertz CT molecular complexity index is 1340. The minimum Gasteiger partial charge on any atom is -0.478 e. The first-order valence-corrected chi connectivity index (χ1v) is 13.4. The molecule has 1 aromatic heterocycles. The number of aliphatic hydroxyl groups is 1. The van der Waals surface area contributed by atoms with Crippen molar-refractivity contribution >= 4 is 16.9 Å². The van der Waals surface area contributed by atoms with E-state index in [1.54, 1.807) is 36.4 Å². The maximum atomic E-state index is 12.8. The van der Waals surface area contributed by atoms with Crippen LogP contribution in [0.15, 0.2) is 66.3 Å². The molecule has 0 saturated carbocycles. The summed E-state index contributed by atoms with van der Waals surface area (Å²) in [4.78, 5) is 11.4. The lowest BCUT2D eigenvalue weighted by Gasteiger charge is -2.21. The van der Waals surface area contributed by atoms with E-state index in [9.17, 15) is 23.1 Å². The quantitative estimate of drug-likeness (QED) is 0.251. The van der Waals surface area contributed by atoms with Crippen molar-refractivity contribution < 1.29 is 37.7 Å². The normalized spacial score (nSPS) is 12.0. The first kappa shape index (κ1) is 35.3. The van der Waals surface area contributed by atoms with Crippen molar-refractivity contribution in [2.75, 3.05) is 6.61 Å². The van der Waals surface area contributed by atoms with Crippen LogP contribution < -0.4 is 9.47 Å². The number of aliphatic hydroxyl groups excluding tert-OH is 1. The highest BCUT2D eigenvalue weighted by atomic mass is 19.4. The molecule has 0 radical (unpaired) electrons. The van der Waals surface area contributed by atoms with Gasteiger partial charge in [0.1, 0.15) is 11.5 Å². The molecule has 1 heterocycles. The molecular formula is C32H42F3NO5. The van der Waals surface area contributed by atoms with Crippen molar-refractivity contribution in [3.05, 3.63) is 83.1 Å². The van der Waals surface area contributed by atoms with E-state index < -0.39 is 17.9 Å². The lowest BCUT2D eigenvalue weighted by Crippen LogP contribution is -2.37. The van der Waals surface area contributed by atoms with Gasteiger partial charge >= 0.3 is 12.3 Å². The van der Waals surface area contributed by atoms with E-state index in [2.05, 4.69) is 9.30 Å². The van der Waals surface area contributed by atoms with Crippen LogP contribution in [0.25, 0.3) is 10.9 Å². The number of hydrogen-bond donors (Lipinski definition) is 2. The van der Waals surface area contributed by atoms with Crippen molar-refractivity contribution in [3.63, 3.8) is 0 Å². The number of aliphatic carboxylic acids is 1. The van der Waals surface area contributed by atoms with Gasteiger partial charge < -0.3 is 24.3 Å². The van der Waals surface area contributed by atoms with Crippen LogP contribution in [0, 0.1) is 6.92 Å². The lowest BCUT2D eigenvalue weighted by molar-refractivity contribution is -0.274. The molecule has 0 amide bonds. The van der Waals surface area contributed by atoms with E-state index in [-0.39, 0.29) is 12.4 Å². The zero-order chi connectivity index (χ0) is 31.4. The molecule has 0 atom stereocenters. The van der Waals surface area contributed by atoms with Crippen molar-refractivity contribution in [1.82, 2.24) is 4.57 Å². The Kier molecular flexibility index (Phi) is 13.7. The first-order chi connectivity index (χ1) is 19.2. The molecule has 0 fully saturated rings. The second-order valence-corrected chi connectivity index (χ2v) is 9.51. The Balaban J connectivity index is 0.00000108. The van der Waals surface area contributed by atoms with E-state index in [1.807, 2.05) is 53.7 Å². The number of ether oxygens (including phenoxy) is 2. The first-order valence-electron chi connectivity index (χ1n) is 13.4. The van der Waals surface area contributed by atoms with Crippen LogP contribution in [0.3, 0.4) is 0 Å². The van der Waals surface area contributed by atoms with Crippen molar-refractivity contribution in [2.24, 2.45) is 0 Å². The summed E-state index contributed by atoms with van der Waals surface area (Å²) in [6.07, 6.45) is 1.12. The molecular weight excluding hydrogens is 535 g/mol. The van der Waals surface area contributed by atoms with Crippen LogP contribution in [0.2, 0.25) is 0 Å². The van der Waals surface area contributed by atoms with Gasteiger partial charge in [-0.05, 0) is 89.4 Å². The zero-order valence-corrected chi connectivity index (χ0v) is 25.1. The summed E-state index contributed by atoms with van der Waals surface area (Å²) in [6, 6.07) is 11.4. The average molecular weight is 578 g/mol. The van der Waals surface area contributed by atoms with Crippen molar-refractivity contribution in [1.29, 1.82) is 0 Å². The summed E-state index contributed by atoms with van der Waals surface area (Å²) >= 11 is 0. The number of carboxylic acids is 1. The molecule has 3 rings (SSSR count). The number of aromatic nitrogens is 1. The number of fused-ring (bicyclic) bond motifs is 1. The van der Waals surface area contributed by atoms with Crippen molar-refractivity contribution in [3.8, 4) is 11.5 Å². The molecule has 0 spiro atoms. The number of carbonyl (C=O) groups is 1. The highest BCUT2D eigenvalue weighted by Gasteiger charge is 2.32. The molecule has 41 heavy (non-hydrogen) atoms. The summed E-state index contributed by atoms with van der Waals surface area (Å²) in [7, 11) is 0. The molecule has 0 aliphatic carbocycles. The van der Waals surface area contributed by atoms with E-state index in [0.717, 1.165) is 27.9 Å². The maximum Gasteiger partial charge on any atom is 0.573 e. The summed E-state index contributed by atoms with van der Waals surface area (Å²) < 4.78 is 50.4. The van der Waals surface area contributed by atoms with Crippen LogP contribution >= 0.6 is 0 Å². The number of hydrogen-bond acceptors (Lipinski definition) is 4. The molecule has 2 aromatic carbocycles. The minimum absolute atomic E-state index is 0.163. The highest BCUT2D eigenvalue weighted by Crippen LogP contribution is 2.34. The van der Waals surface area contributed by atoms with Gasteiger partial charge in [-0.1, -0.05) is 49.8 Å². The van der Waals surface area contributed by atoms with Crippen molar-refractivity contribution in [2.45, 2.75) is 80.3 Å². The van der Waals surface area contributed by atoms with E-state index >= 15 is 0 Å². The standard InChI is InChI=1S/C26H28F3NO4.C4H8O.C2H6/c1-6-16(2)15-30-17(3)21(22-14-20(10-11-23(22)30)34-26(27,28)29)13-18-8-7-9-19(12-18)33-25(4,5)24(31)32;1-2-3-4-5;1-2/h6-12,14H,13,15H2,1-5H3,(H,31,32);2-3,5H,4H2,1H3;1-2H3/b16-6+;3-2-;. The zero-order valence-electron chi connectivity index (χ0n) is 25.1. The molecule has 2 N–H and O–H groups in total. The minimum atomic E-state index is -4.78. The Hall–Kier alpha value is -3.72. The van der Waals surface area contributed by atoms with Crippen LogP contribution in [-0.4, -0.2) is 39.3 Å². The largest absolute Gasteiger partial charge is 0.573 e. The van der Waals surface area contributed by atoms with E-state index in [1.165, 1.54) is 26.0 Å². The van der Waals surface area contributed by atoms with Gasteiger partial charge in [0, 0.05) is 23.1 Å². The van der Waals surface area contributed by atoms with Gasteiger partial charge in [-0.25, -0.2) is 4.79 Å². The van der Waals surface area contributed by atoms with Gasteiger partial charge in [-0.15, -0.1) is 13.2 Å². The second kappa shape index (κ2) is 15.9.